The molecular weight excluding hydrogens is 325 g/mol. The van der Waals surface area contributed by atoms with Crippen LogP contribution in [0.5, 0.6) is 0 Å². The van der Waals surface area contributed by atoms with Crippen LogP contribution in [0, 0.1) is 17.3 Å². The second-order valence-electron chi connectivity index (χ2n) is 5.25. The number of amides is 1. The lowest BCUT2D eigenvalue weighted by Gasteiger charge is -2.22. The maximum atomic E-state index is 13.8. The van der Waals surface area contributed by atoms with Crippen LogP contribution in [0.2, 0.25) is 0 Å². The Labute approximate surface area is 124 Å². The van der Waals surface area contributed by atoms with Crippen LogP contribution in [-0.4, -0.2) is 28.9 Å². The van der Waals surface area contributed by atoms with Gasteiger partial charge in [0.2, 0.25) is 0 Å². The second-order valence-corrected chi connectivity index (χ2v) is 6.16. The molecule has 0 spiro atoms. The van der Waals surface area contributed by atoms with Crippen molar-refractivity contribution in [1.29, 1.82) is 5.26 Å². The van der Waals surface area contributed by atoms with E-state index in [2.05, 4.69) is 27.4 Å². The van der Waals surface area contributed by atoms with E-state index >= 15 is 0 Å². The standard InChI is InChI=1S/C14H13BrFN3O/c15-8-1-3-10(11(16)5-8)14(20)18-12-6-9-2-4-13(12)19(9)7-17/h1,3,5,9,12-13H,2,4,6H2,(H,18,20)/t9-,12+,13+/m0/s1. The van der Waals surface area contributed by atoms with Crippen molar-refractivity contribution in [3.05, 3.63) is 34.1 Å². The minimum absolute atomic E-state index is 0.0412. The van der Waals surface area contributed by atoms with Gasteiger partial charge in [-0.15, -0.1) is 0 Å². The maximum absolute atomic E-state index is 13.8. The Kier molecular flexibility index (Phi) is 3.38. The fraction of sp³-hybridized carbons (Fsp3) is 0.429. The van der Waals surface area contributed by atoms with Crippen molar-refractivity contribution in [3.63, 3.8) is 0 Å². The number of fused-ring (bicyclic) bond motifs is 2. The third kappa shape index (κ3) is 2.16. The molecule has 4 nitrogen and oxygen atoms in total. The molecule has 0 aromatic heterocycles. The number of carbonyl (C=O) groups excluding carboxylic acids is 1. The first-order chi connectivity index (χ1) is 9.60. The van der Waals surface area contributed by atoms with Gasteiger partial charge >= 0.3 is 0 Å². The largest absolute Gasteiger partial charge is 0.347 e. The molecule has 104 valence electrons. The molecule has 6 heteroatoms. The molecule has 3 atom stereocenters. The summed E-state index contributed by atoms with van der Waals surface area (Å²) in [5.41, 5.74) is 0.0412. The summed E-state index contributed by atoms with van der Waals surface area (Å²) in [5.74, 6) is -0.956. The topological polar surface area (TPSA) is 56.1 Å². The summed E-state index contributed by atoms with van der Waals surface area (Å²) >= 11 is 3.16. The molecular formula is C14H13BrFN3O. The zero-order valence-electron chi connectivity index (χ0n) is 10.6. The normalized spacial score (nSPS) is 27.4. The first-order valence-corrected chi connectivity index (χ1v) is 7.33. The summed E-state index contributed by atoms with van der Waals surface area (Å²) < 4.78 is 14.4. The number of hydrogen-bond acceptors (Lipinski definition) is 3. The Morgan fingerprint density at radius 2 is 2.30 bits per heavy atom. The lowest BCUT2D eigenvalue weighted by molar-refractivity contribution is 0.0924. The predicted octanol–water partition coefficient (Wildman–Crippen LogP) is 2.40. The van der Waals surface area contributed by atoms with E-state index in [0.717, 1.165) is 19.3 Å². The summed E-state index contributed by atoms with van der Waals surface area (Å²) in [6, 6.07) is 4.60. The number of halogens is 2. The SMILES string of the molecule is N#CN1[C@H]2CC[C@@H]1[C@H](NC(=O)c1ccc(Br)cc1F)C2. The highest BCUT2D eigenvalue weighted by Gasteiger charge is 2.46. The summed E-state index contributed by atoms with van der Waals surface area (Å²) in [6.45, 7) is 0. The number of carbonyl (C=O) groups is 1. The first-order valence-electron chi connectivity index (χ1n) is 6.54. The van der Waals surface area contributed by atoms with Crippen molar-refractivity contribution in [2.45, 2.75) is 37.4 Å². The van der Waals surface area contributed by atoms with E-state index in [9.17, 15) is 9.18 Å². The molecule has 1 aromatic rings. The molecule has 2 heterocycles. The van der Waals surface area contributed by atoms with Gasteiger partial charge in [-0.1, -0.05) is 15.9 Å². The van der Waals surface area contributed by atoms with Crippen LogP contribution in [0.4, 0.5) is 4.39 Å². The van der Waals surface area contributed by atoms with Gasteiger partial charge in [0, 0.05) is 10.5 Å². The molecule has 0 aliphatic carbocycles. The number of hydrogen-bond donors (Lipinski definition) is 1. The van der Waals surface area contributed by atoms with Crippen molar-refractivity contribution in [1.82, 2.24) is 10.2 Å². The smallest absolute Gasteiger partial charge is 0.254 e. The van der Waals surface area contributed by atoms with Crippen LogP contribution in [0.15, 0.2) is 22.7 Å². The van der Waals surface area contributed by atoms with E-state index in [1.54, 1.807) is 11.0 Å². The van der Waals surface area contributed by atoms with Crippen LogP contribution < -0.4 is 5.32 Å². The molecule has 2 fully saturated rings. The van der Waals surface area contributed by atoms with E-state index in [-0.39, 0.29) is 23.7 Å². The van der Waals surface area contributed by atoms with Gasteiger partial charge in [-0.05, 0) is 37.5 Å². The zero-order chi connectivity index (χ0) is 14.3. The number of rotatable bonds is 2. The highest BCUT2D eigenvalue weighted by atomic mass is 79.9. The van der Waals surface area contributed by atoms with Gasteiger partial charge in [0.1, 0.15) is 5.82 Å². The summed E-state index contributed by atoms with van der Waals surface area (Å²) in [6.07, 6.45) is 4.86. The van der Waals surface area contributed by atoms with E-state index < -0.39 is 11.7 Å². The minimum atomic E-state index is -0.544. The van der Waals surface area contributed by atoms with Crippen LogP contribution in [0.1, 0.15) is 29.6 Å². The Morgan fingerprint density at radius 1 is 1.50 bits per heavy atom. The van der Waals surface area contributed by atoms with Crippen molar-refractivity contribution in [2.75, 3.05) is 0 Å². The van der Waals surface area contributed by atoms with Gasteiger partial charge in [0.15, 0.2) is 6.19 Å². The van der Waals surface area contributed by atoms with Gasteiger partial charge in [0.25, 0.3) is 5.91 Å². The van der Waals surface area contributed by atoms with Crippen LogP contribution in [0.3, 0.4) is 0 Å². The number of nitrogens with zero attached hydrogens (tertiary/aromatic N) is 2. The summed E-state index contributed by atoms with van der Waals surface area (Å²) in [4.78, 5) is 13.9. The quantitative estimate of drug-likeness (QED) is 0.843. The molecule has 2 aliphatic rings. The number of benzene rings is 1. The molecule has 2 saturated heterocycles. The lowest BCUT2D eigenvalue weighted by Crippen LogP contribution is -2.43. The second kappa shape index (κ2) is 5.06. The highest BCUT2D eigenvalue weighted by Crippen LogP contribution is 2.37. The van der Waals surface area contributed by atoms with Gasteiger partial charge in [0.05, 0.1) is 17.6 Å². The van der Waals surface area contributed by atoms with Crippen molar-refractivity contribution in [3.8, 4) is 6.19 Å². The molecule has 1 N–H and O–H groups in total. The van der Waals surface area contributed by atoms with Crippen molar-refractivity contribution in [2.24, 2.45) is 0 Å². The van der Waals surface area contributed by atoms with Gasteiger partial charge in [-0.25, -0.2) is 4.39 Å². The molecule has 0 saturated carbocycles. The Balaban J connectivity index is 1.73. The predicted molar refractivity (Wildman–Crippen MR) is 74.2 cm³/mol. The Bertz CT molecular complexity index is 601. The van der Waals surface area contributed by atoms with Crippen molar-refractivity contribution >= 4 is 21.8 Å². The molecule has 0 radical (unpaired) electrons. The average molecular weight is 338 g/mol. The fourth-order valence-electron chi connectivity index (χ4n) is 3.22. The molecule has 20 heavy (non-hydrogen) atoms. The average Bonchev–Trinajstić information content (AvgIpc) is 2.94. The number of nitriles is 1. The van der Waals surface area contributed by atoms with E-state index in [1.165, 1.54) is 12.1 Å². The minimum Gasteiger partial charge on any atom is -0.347 e. The van der Waals surface area contributed by atoms with Gasteiger partial charge in [-0.3, -0.25) is 4.79 Å². The molecule has 0 unspecified atom stereocenters. The fourth-order valence-corrected chi connectivity index (χ4v) is 3.55. The summed E-state index contributed by atoms with van der Waals surface area (Å²) in [5, 5.41) is 12.0. The highest BCUT2D eigenvalue weighted by molar-refractivity contribution is 9.10. The molecule has 1 amide bonds. The zero-order valence-corrected chi connectivity index (χ0v) is 12.2. The van der Waals surface area contributed by atoms with Gasteiger partial charge < -0.3 is 10.2 Å². The monoisotopic (exact) mass is 337 g/mol. The van der Waals surface area contributed by atoms with E-state index in [1.807, 2.05) is 0 Å². The van der Waals surface area contributed by atoms with E-state index in [0.29, 0.717) is 4.47 Å². The first kappa shape index (κ1) is 13.4. The third-order valence-electron chi connectivity index (χ3n) is 4.14. The lowest BCUT2D eigenvalue weighted by atomic mass is 9.95. The Morgan fingerprint density at radius 3 is 2.95 bits per heavy atom. The van der Waals surface area contributed by atoms with E-state index in [4.69, 9.17) is 5.26 Å². The van der Waals surface area contributed by atoms with Crippen LogP contribution >= 0.6 is 15.9 Å². The van der Waals surface area contributed by atoms with Crippen molar-refractivity contribution < 1.29 is 9.18 Å². The molecule has 3 rings (SSSR count). The maximum Gasteiger partial charge on any atom is 0.254 e. The van der Waals surface area contributed by atoms with Crippen LogP contribution in [0.25, 0.3) is 0 Å². The van der Waals surface area contributed by atoms with Gasteiger partial charge in [-0.2, -0.15) is 5.26 Å². The molecule has 2 bridgehead atoms. The molecule has 2 aliphatic heterocycles. The van der Waals surface area contributed by atoms with Crippen LogP contribution in [-0.2, 0) is 0 Å². The number of nitrogens with one attached hydrogen (secondary N) is 1. The third-order valence-corrected chi connectivity index (χ3v) is 4.64. The Hall–Kier alpha value is -1.61. The molecule has 1 aromatic carbocycles. The summed E-state index contributed by atoms with van der Waals surface area (Å²) in [7, 11) is 0.